The molecule has 2 rings (SSSR count). The smallest absolute Gasteiger partial charge is 0.251 e. The minimum atomic E-state index is -0.758. The molecule has 0 bridgehead atoms. The van der Waals surface area contributed by atoms with Gasteiger partial charge in [-0.1, -0.05) is 25.8 Å². The summed E-state index contributed by atoms with van der Waals surface area (Å²) in [5, 5.41) is 13.3. The van der Waals surface area contributed by atoms with Gasteiger partial charge in [-0.05, 0) is 37.0 Å². The van der Waals surface area contributed by atoms with Crippen LogP contribution in [-0.2, 0) is 0 Å². The van der Waals surface area contributed by atoms with Crippen LogP contribution < -0.4 is 10.1 Å². The lowest BCUT2D eigenvalue weighted by Gasteiger charge is -2.35. The molecular weight excluding hydrogens is 254 g/mol. The number of ether oxygens (including phenoxy) is 1. The van der Waals surface area contributed by atoms with E-state index in [1.807, 2.05) is 0 Å². The SMILES string of the molecule is COc1cccc(C(=O)NCC2(O)CCCC(C)C2)c1. The second-order valence-corrected chi connectivity index (χ2v) is 5.84. The first-order valence-electron chi connectivity index (χ1n) is 7.17. The number of hydrogen-bond donors (Lipinski definition) is 2. The van der Waals surface area contributed by atoms with Gasteiger partial charge in [-0.15, -0.1) is 0 Å². The van der Waals surface area contributed by atoms with Crippen LogP contribution in [0.15, 0.2) is 24.3 Å². The van der Waals surface area contributed by atoms with E-state index in [1.165, 1.54) is 0 Å². The molecule has 1 aromatic rings. The zero-order chi connectivity index (χ0) is 14.6. The van der Waals surface area contributed by atoms with Crippen LogP contribution in [0.4, 0.5) is 0 Å². The Kier molecular flexibility index (Phi) is 4.65. The second kappa shape index (κ2) is 6.27. The van der Waals surface area contributed by atoms with Crippen LogP contribution in [0.25, 0.3) is 0 Å². The van der Waals surface area contributed by atoms with Gasteiger partial charge in [0.05, 0.1) is 12.7 Å². The van der Waals surface area contributed by atoms with Crippen LogP contribution in [0, 0.1) is 5.92 Å². The lowest BCUT2D eigenvalue weighted by Crippen LogP contribution is -2.45. The Morgan fingerprint density at radius 3 is 3.05 bits per heavy atom. The van der Waals surface area contributed by atoms with Gasteiger partial charge in [0.15, 0.2) is 0 Å². The van der Waals surface area contributed by atoms with E-state index in [9.17, 15) is 9.90 Å². The van der Waals surface area contributed by atoms with Crippen molar-refractivity contribution in [1.82, 2.24) is 5.32 Å². The summed E-state index contributed by atoms with van der Waals surface area (Å²) in [4.78, 5) is 12.1. The fraction of sp³-hybridized carbons (Fsp3) is 0.562. The summed E-state index contributed by atoms with van der Waals surface area (Å²) in [6.07, 6.45) is 3.69. The maximum Gasteiger partial charge on any atom is 0.251 e. The third-order valence-electron chi connectivity index (χ3n) is 3.98. The van der Waals surface area contributed by atoms with Crippen molar-refractivity contribution in [2.75, 3.05) is 13.7 Å². The van der Waals surface area contributed by atoms with Crippen molar-refractivity contribution in [3.8, 4) is 5.75 Å². The quantitative estimate of drug-likeness (QED) is 0.888. The zero-order valence-electron chi connectivity index (χ0n) is 12.2. The molecule has 110 valence electrons. The molecule has 20 heavy (non-hydrogen) atoms. The molecule has 0 heterocycles. The van der Waals surface area contributed by atoms with Crippen LogP contribution in [0.2, 0.25) is 0 Å². The van der Waals surface area contributed by atoms with Crippen molar-refractivity contribution in [3.05, 3.63) is 29.8 Å². The van der Waals surface area contributed by atoms with Gasteiger partial charge in [-0.25, -0.2) is 0 Å². The van der Waals surface area contributed by atoms with Crippen LogP contribution in [0.3, 0.4) is 0 Å². The van der Waals surface area contributed by atoms with Gasteiger partial charge in [0.1, 0.15) is 5.75 Å². The monoisotopic (exact) mass is 277 g/mol. The summed E-state index contributed by atoms with van der Waals surface area (Å²) in [7, 11) is 1.57. The highest BCUT2D eigenvalue weighted by molar-refractivity contribution is 5.94. The number of carbonyl (C=O) groups is 1. The standard InChI is InChI=1S/C16H23NO3/c1-12-5-4-8-16(19,10-12)11-17-15(18)13-6-3-7-14(9-13)20-2/h3,6-7,9,12,19H,4-5,8,10-11H2,1-2H3,(H,17,18). The summed E-state index contributed by atoms with van der Waals surface area (Å²) in [5.74, 6) is 1.00. The number of carbonyl (C=O) groups excluding carboxylic acids is 1. The van der Waals surface area contributed by atoms with Crippen LogP contribution >= 0.6 is 0 Å². The molecule has 1 aliphatic carbocycles. The average Bonchev–Trinajstić information content (AvgIpc) is 2.44. The third kappa shape index (κ3) is 3.73. The van der Waals surface area contributed by atoms with Crippen molar-refractivity contribution in [2.45, 2.75) is 38.2 Å². The molecule has 1 aliphatic rings. The molecule has 1 aromatic carbocycles. The van der Waals surface area contributed by atoms with E-state index in [4.69, 9.17) is 4.74 Å². The highest BCUT2D eigenvalue weighted by atomic mass is 16.5. The zero-order valence-corrected chi connectivity index (χ0v) is 12.2. The van der Waals surface area contributed by atoms with Gasteiger partial charge in [-0.3, -0.25) is 4.79 Å². The van der Waals surface area contributed by atoms with Crippen LogP contribution in [0.1, 0.15) is 43.0 Å². The van der Waals surface area contributed by atoms with Crippen molar-refractivity contribution in [3.63, 3.8) is 0 Å². The van der Waals surface area contributed by atoms with E-state index < -0.39 is 5.60 Å². The van der Waals surface area contributed by atoms with E-state index in [2.05, 4.69) is 12.2 Å². The molecule has 0 aliphatic heterocycles. The van der Waals surface area contributed by atoms with Gasteiger partial charge in [0, 0.05) is 12.1 Å². The molecule has 0 spiro atoms. The molecule has 2 atom stereocenters. The van der Waals surface area contributed by atoms with E-state index in [0.717, 1.165) is 25.7 Å². The van der Waals surface area contributed by atoms with Crippen molar-refractivity contribution < 1.29 is 14.6 Å². The number of benzene rings is 1. The number of methoxy groups -OCH3 is 1. The summed E-state index contributed by atoms with van der Waals surface area (Å²) >= 11 is 0. The fourth-order valence-electron chi connectivity index (χ4n) is 2.90. The predicted molar refractivity (Wildman–Crippen MR) is 77.9 cm³/mol. The van der Waals surface area contributed by atoms with Gasteiger partial charge in [0.2, 0.25) is 0 Å². The highest BCUT2D eigenvalue weighted by Gasteiger charge is 2.32. The fourth-order valence-corrected chi connectivity index (χ4v) is 2.90. The Hall–Kier alpha value is -1.55. The number of hydrogen-bond acceptors (Lipinski definition) is 3. The molecule has 1 saturated carbocycles. The number of rotatable bonds is 4. The molecule has 4 heteroatoms. The van der Waals surface area contributed by atoms with Gasteiger partial charge in [0.25, 0.3) is 5.91 Å². The molecule has 4 nitrogen and oxygen atoms in total. The second-order valence-electron chi connectivity index (χ2n) is 5.84. The maximum atomic E-state index is 12.1. The molecule has 2 N–H and O–H groups in total. The summed E-state index contributed by atoms with van der Waals surface area (Å²) in [6, 6.07) is 7.02. The molecular formula is C16H23NO3. The maximum absolute atomic E-state index is 12.1. The molecule has 0 saturated heterocycles. The summed E-state index contributed by atoms with van der Waals surface area (Å²) in [6.45, 7) is 2.46. The lowest BCUT2D eigenvalue weighted by atomic mass is 9.79. The molecule has 0 radical (unpaired) electrons. The number of nitrogens with one attached hydrogen (secondary N) is 1. The van der Waals surface area contributed by atoms with Crippen LogP contribution in [0.5, 0.6) is 5.75 Å². The minimum absolute atomic E-state index is 0.171. The first-order valence-corrected chi connectivity index (χ1v) is 7.17. The average molecular weight is 277 g/mol. The van der Waals surface area contributed by atoms with Crippen molar-refractivity contribution >= 4 is 5.91 Å². The summed E-state index contributed by atoms with van der Waals surface area (Å²) < 4.78 is 5.10. The third-order valence-corrected chi connectivity index (χ3v) is 3.98. The predicted octanol–water partition coefficient (Wildman–Crippen LogP) is 2.37. The van der Waals surface area contributed by atoms with Gasteiger partial charge >= 0.3 is 0 Å². The molecule has 2 unspecified atom stereocenters. The van der Waals surface area contributed by atoms with Crippen LogP contribution in [-0.4, -0.2) is 30.3 Å². The Bertz CT molecular complexity index is 475. The highest BCUT2D eigenvalue weighted by Crippen LogP contribution is 2.31. The first kappa shape index (κ1) is 14.9. The normalized spacial score (nSPS) is 26.1. The Morgan fingerprint density at radius 1 is 1.55 bits per heavy atom. The Labute approximate surface area is 120 Å². The molecule has 0 aromatic heterocycles. The van der Waals surface area contributed by atoms with E-state index in [1.54, 1.807) is 31.4 Å². The minimum Gasteiger partial charge on any atom is -0.497 e. The molecule has 1 amide bonds. The van der Waals surface area contributed by atoms with Gasteiger partial charge < -0.3 is 15.2 Å². The van der Waals surface area contributed by atoms with E-state index in [-0.39, 0.29) is 5.91 Å². The Balaban J connectivity index is 1.94. The Morgan fingerprint density at radius 2 is 2.35 bits per heavy atom. The summed E-state index contributed by atoms with van der Waals surface area (Å²) in [5.41, 5.74) is -0.205. The van der Waals surface area contributed by atoms with Crippen molar-refractivity contribution in [2.24, 2.45) is 5.92 Å². The van der Waals surface area contributed by atoms with Crippen molar-refractivity contribution in [1.29, 1.82) is 0 Å². The topological polar surface area (TPSA) is 58.6 Å². The van der Waals surface area contributed by atoms with Gasteiger partial charge in [-0.2, -0.15) is 0 Å². The molecule has 1 fully saturated rings. The first-order chi connectivity index (χ1) is 9.52. The van der Waals surface area contributed by atoms with E-state index in [0.29, 0.717) is 23.8 Å². The number of aliphatic hydroxyl groups is 1. The lowest BCUT2D eigenvalue weighted by molar-refractivity contribution is -0.0109. The number of amides is 1. The van der Waals surface area contributed by atoms with E-state index >= 15 is 0 Å². The largest absolute Gasteiger partial charge is 0.497 e.